The minimum atomic E-state index is -2.24. The number of hydrogen-bond donors (Lipinski definition) is 10. The van der Waals surface area contributed by atoms with Crippen molar-refractivity contribution in [2.24, 2.45) is 11.8 Å². The largest absolute Gasteiger partial charge is 0.462 e. The summed E-state index contributed by atoms with van der Waals surface area (Å²) in [7, 11) is 1.51. The predicted molar refractivity (Wildman–Crippen MR) is 234 cm³/mol. The minimum absolute atomic E-state index is 0.165. The molecule has 10 N–H and O–H groups in total. The van der Waals surface area contributed by atoms with Crippen molar-refractivity contribution in [2.45, 2.75) is 208 Å². The molecule has 3 saturated heterocycles. The zero-order valence-electron chi connectivity index (χ0n) is 38.6. The summed E-state index contributed by atoms with van der Waals surface area (Å²) in [6.45, 7) is 10.3. The number of esters is 1. The van der Waals surface area contributed by atoms with E-state index in [0.717, 1.165) is 0 Å². The fourth-order valence-corrected chi connectivity index (χ4v) is 8.89. The molecule has 4 aliphatic rings. The zero-order chi connectivity index (χ0) is 48.2. The first-order valence-electron chi connectivity index (χ1n) is 22.9. The Morgan fingerprint density at radius 1 is 0.708 bits per heavy atom. The predicted octanol–water partition coefficient (Wildman–Crippen LogP) is 1.11. The summed E-state index contributed by atoms with van der Waals surface area (Å²) in [6.07, 6.45) is -3.38. The maximum Gasteiger partial charge on any atom is 0.306 e. The third-order valence-electron chi connectivity index (χ3n) is 13.0. The maximum absolute atomic E-state index is 13.2. The summed E-state index contributed by atoms with van der Waals surface area (Å²) in [4.78, 5) is 13.2. The van der Waals surface area contributed by atoms with Crippen molar-refractivity contribution in [1.29, 1.82) is 0 Å². The Kier molecular flexibility index (Phi) is 21.4. The second kappa shape index (κ2) is 25.2. The van der Waals surface area contributed by atoms with E-state index in [4.69, 9.17) is 33.2 Å². The molecule has 0 radical (unpaired) electrons. The van der Waals surface area contributed by atoms with Crippen LogP contribution >= 0.6 is 0 Å². The van der Waals surface area contributed by atoms with E-state index in [-0.39, 0.29) is 37.5 Å². The molecule has 18 heteroatoms. The van der Waals surface area contributed by atoms with E-state index >= 15 is 0 Å². The first-order valence-corrected chi connectivity index (χ1v) is 22.9. The van der Waals surface area contributed by atoms with Crippen LogP contribution in [-0.4, -0.2) is 180 Å². The molecule has 0 spiro atoms. The number of carbonyl (C=O) groups is 1. The summed E-state index contributed by atoms with van der Waals surface area (Å²) in [5.74, 6) is -3.47. The van der Waals surface area contributed by atoms with Crippen LogP contribution in [0.5, 0.6) is 0 Å². The first-order chi connectivity index (χ1) is 30.6. The Bertz CT molecular complexity index is 1590. The van der Waals surface area contributed by atoms with Gasteiger partial charge in [0.25, 0.3) is 0 Å². The molecule has 18 nitrogen and oxygen atoms in total. The third kappa shape index (κ3) is 15.5. The molecule has 7 unspecified atom stereocenters. The third-order valence-corrected chi connectivity index (χ3v) is 13.0. The summed E-state index contributed by atoms with van der Waals surface area (Å²) in [5, 5.41) is 109. The Labute approximate surface area is 382 Å². The van der Waals surface area contributed by atoms with Crippen LogP contribution in [-0.2, 0) is 38.0 Å². The second-order valence-corrected chi connectivity index (χ2v) is 18.3. The van der Waals surface area contributed by atoms with E-state index in [2.05, 4.69) is 0 Å². The van der Waals surface area contributed by atoms with E-state index in [0.29, 0.717) is 6.42 Å². The van der Waals surface area contributed by atoms with Crippen molar-refractivity contribution in [3.05, 3.63) is 60.8 Å². The number of allylic oxidation sites excluding steroid dienone is 8. The molecule has 0 aromatic rings. The number of aliphatic hydroxyl groups excluding tert-OH is 8. The Morgan fingerprint density at radius 2 is 1.34 bits per heavy atom. The summed E-state index contributed by atoms with van der Waals surface area (Å²) < 4.78 is 41.7. The normalized spacial score (nSPS) is 48.4. The van der Waals surface area contributed by atoms with Crippen LogP contribution in [0.1, 0.15) is 92.9 Å². The van der Waals surface area contributed by atoms with E-state index < -0.39 is 141 Å². The number of ether oxygens (including phenoxy) is 7. The van der Waals surface area contributed by atoms with Gasteiger partial charge in [0.1, 0.15) is 36.1 Å². The highest BCUT2D eigenvalue weighted by molar-refractivity contribution is 5.69. The maximum atomic E-state index is 13.2. The zero-order valence-corrected chi connectivity index (χ0v) is 38.6. The summed E-state index contributed by atoms with van der Waals surface area (Å²) in [6, 6.07) is 0. The Balaban J connectivity index is 1.62. The van der Waals surface area contributed by atoms with Gasteiger partial charge in [0.15, 0.2) is 18.4 Å². The van der Waals surface area contributed by atoms with Crippen LogP contribution in [0.25, 0.3) is 0 Å². The lowest BCUT2D eigenvalue weighted by atomic mass is 9.80. The molecule has 0 aromatic heterocycles. The lowest BCUT2D eigenvalue weighted by molar-refractivity contribution is -0.341. The number of aliphatic hydroxyl groups is 10. The number of cyclic esters (lactones) is 1. The molecule has 65 heavy (non-hydrogen) atoms. The highest BCUT2D eigenvalue weighted by atomic mass is 16.7. The van der Waals surface area contributed by atoms with Gasteiger partial charge < -0.3 is 84.2 Å². The van der Waals surface area contributed by atoms with Gasteiger partial charge in [-0.25, -0.2) is 0 Å². The van der Waals surface area contributed by atoms with Gasteiger partial charge in [0.05, 0.1) is 61.0 Å². The van der Waals surface area contributed by atoms with Crippen molar-refractivity contribution in [1.82, 2.24) is 0 Å². The number of carbonyl (C=O) groups excluding carboxylic acids is 1. The van der Waals surface area contributed by atoms with Crippen molar-refractivity contribution < 1.29 is 89.0 Å². The van der Waals surface area contributed by atoms with E-state index in [9.17, 15) is 55.9 Å². The van der Waals surface area contributed by atoms with Crippen molar-refractivity contribution in [2.75, 3.05) is 7.11 Å². The molecule has 4 rings (SSSR count). The van der Waals surface area contributed by atoms with Crippen LogP contribution in [0.2, 0.25) is 0 Å². The topological polar surface area (TPSA) is 284 Å². The number of rotatable bonds is 6. The molecule has 21 atom stereocenters. The molecule has 3 fully saturated rings. The highest BCUT2D eigenvalue weighted by Crippen LogP contribution is 2.40. The van der Waals surface area contributed by atoms with E-state index in [1.165, 1.54) is 21.0 Å². The highest BCUT2D eigenvalue weighted by Gasteiger charge is 2.54. The monoisotopic (exact) mass is 929 g/mol. The molecule has 372 valence electrons. The molecule has 0 aromatic carbocycles. The first kappa shape index (κ1) is 55.1. The standard InChI is InChI=1S/C47H76O18/c1-8-35-27(3)43(64-39-23-34(51)44(59-7)29(5)60-39)26(2)17-15-13-11-9-10-12-14-16-18-31(62-45-42(56)41(55)40(54)28(4)61-45)22-37-46(6,57)36(52)25-47(58,65-37)24-30(48)21-33(50)32(49)19-20-38(53)63-35/h9-18,26-37,39-45,48-52,54-58H,8,19-25H2,1-7H3/b10-9+,13-11+,14-12+,17-15+,18-16+/t26?,27?,28-,29+,30+,31?,32-,33-,34-,35?,36?,37+,39+,40-,41+,42+,43?,44+,45+,46+,47?/m1/s1. The molecular formula is C47H76O18. The second-order valence-electron chi connectivity index (χ2n) is 18.3. The molecule has 4 aliphatic heterocycles. The lowest BCUT2D eigenvalue weighted by Crippen LogP contribution is -2.63. The smallest absolute Gasteiger partial charge is 0.306 e. The fraction of sp³-hybridized carbons (Fsp3) is 0.766. The number of methoxy groups -OCH3 is 1. The van der Waals surface area contributed by atoms with Crippen LogP contribution < -0.4 is 0 Å². The number of hydrogen-bond acceptors (Lipinski definition) is 18. The van der Waals surface area contributed by atoms with Gasteiger partial charge in [-0.2, -0.15) is 0 Å². The van der Waals surface area contributed by atoms with Gasteiger partial charge in [0, 0.05) is 57.5 Å². The van der Waals surface area contributed by atoms with Crippen LogP contribution in [0.4, 0.5) is 0 Å². The van der Waals surface area contributed by atoms with Gasteiger partial charge in [-0.15, -0.1) is 0 Å². The molecule has 0 aliphatic carbocycles. The van der Waals surface area contributed by atoms with Gasteiger partial charge in [-0.1, -0.05) is 81.5 Å². The van der Waals surface area contributed by atoms with Crippen molar-refractivity contribution in [3.63, 3.8) is 0 Å². The molecule has 0 amide bonds. The van der Waals surface area contributed by atoms with E-state index in [1.807, 2.05) is 39.0 Å². The fourth-order valence-electron chi connectivity index (χ4n) is 8.89. The summed E-state index contributed by atoms with van der Waals surface area (Å²) in [5.41, 5.74) is -1.97. The lowest BCUT2D eigenvalue weighted by Gasteiger charge is -2.49. The average molecular weight is 929 g/mol. The van der Waals surface area contributed by atoms with Crippen LogP contribution in [0, 0.1) is 11.8 Å². The van der Waals surface area contributed by atoms with Gasteiger partial charge >= 0.3 is 5.97 Å². The number of fused-ring (bicyclic) bond motifs is 2. The molecule has 0 saturated carbocycles. The quantitative estimate of drug-likeness (QED) is 0.167. The Morgan fingerprint density at radius 3 is 1.95 bits per heavy atom. The minimum Gasteiger partial charge on any atom is -0.462 e. The SMILES string of the molecule is CCC1OC(=O)CC[C@@H](O)[C@H](O)C[C@H](O)CC2(O)CC(O)[C@](C)(O)[C@H](CC(O[C@@H]3O[C@H](C)[C@@H](O)[C@H](O)[C@@H]3O)/C=C/C=C/C=C/C=C/C=C/C(C)C(O[C@H]3C[C@@H](O)[C@@H](OC)[C@H](C)O3)C1C)O2. The average Bonchev–Trinajstić information content (AvgIpc) is 3.23. The Hall–Kier alpha value is -2.47. The van der Waals surface area contributed by atoms with Crippen molar-refractivity contribution in [3.8, 4) is 0 Å². The van der Waals surface area contributed by atoms with Gasteiger partial charge in [-0.05, 0) is 33.6 Å². The molecule has 4 heterocycles. The van der Waals surface area contributed by atoms with E-state index in [1.54, 1.807) is 49.5 Å². The van der Waals surface area contributed by atoms with Crippen LogP contribution in [0.15, 0.2) is 60.8 Å². The van der Waals surface area contributed by atoms with Crippen molar-refractivity contribution >= 4 is 5.97 Å². The van der Waals surface area contributed by atoms with Crippen LogP contribution in [0.3, 0.4) is 0 Å². The van der Waals surface area contributed by atoms with Gasteiger partial charge in [-0.3, -0.25) is 4.79 Å². The summed E-state index contributed by atoms with van der Waals surface area (Å²) >= 11 is 0. The molecule has 2 bridgehead atoms. The van der Waals surface area contributed by atoms with Gasteiger partial charge in [0.2, 0.25) is 0 Å². The molecular weight excluding hydrogens is 852 g/mol.